The molecule has 0 rings (SSSR count). The van der Waals surface area contributed by atoms with E-state index in [0.29, 0.717) is 0 Å². The summed E-state index contributed by atoms with van der Waals surface area (Å²) in [6, 6.07) is 0. The van der Waals surface area contributed by atoms with Crippen molar-refractivity contribution in [2.45, 2.75) is 106 Å². The molecule has 0 radical (unpaired) electrons. The van der Waals surface area contributed by atoms with Gasteiger partial charge in [0.1, 0.15) is 0 Å². The van der Waals surface area contributed by atoms with E-state index < -0.39 is 17.5 Å². The summed E-state index contributed by atoms with van der Waals surface area (Å²) < 4.78 is 0. The van der Waals surface area contributed by atoms with Crippen LogP contribution >= 0.6 is 0 Å². The molecule has 0 fully saturated rings. The summed E-state index contributed by atoms with van der Waals surface area (Å²) in [5.74, 6) is -1.59. The molecule has 0 spiro atoms. The molecular formula is C27H48O5. The van der Waals surface area contributed by atoms with Crippen LogP contribution in [0.4, 0.5) is 0 Å². The van der Waals surface area contributed by atoms with Gasteiger partial charge in [0.15, 0.2) is 0 Å². The highest BCUT2D eigenvalue weighted by Gasteiger charge is 2.22. The second-order valence-corrected chi connectivity index (χ2v) is 8.88. The van der Waals surface area contributed by atoms with Gasteiger partial charge in [0.2, 0.25) is 0 Å². The number of aliphatic hydroxyl groups is 1. The zero-order valence-electron chi connectivity index (χ0n) is 21.7. The quantitative estimate of drug-likeness (QED) is 0.269. The summed E-state index contributed by atoms with van der Waals surface area (Å²) in [6.45, 7) is 19.1. The molecule has 0 aliphatic carbocycles. The van der Waals surface area contributed by atoms with Crippen molar-refractivity contribution in [2.75, 3.05) is 0 Å². The fourth-order valence-electron chi connectivity index (χ4n) is 2.51. The van der Waals surface area contributed by atoms with Crippen molar-refractivity contribution in [1.82, 2.24) is 0 Å². The summed E-state index contributed by atoms with van der Waals surface area (Å²) in [5.41, 5.74) is 1.75. The molecule has 0 aromatic carbocycles. The predicted octanol–water partition coefficient (Wildman–Crippen LogP) is 7.33. The third-order valence-electron chi connectivity index (χ3n) is 4.73. The summed E-state index contributed by atoms with van der Waals surface area (Å²) in [7, 11) is 0. The highest BCUT2D eigenvalue weighted by Crippen LogP contribution is 2.29. The van der Waals surface area contributed by atoms with E-state index in [9.17, 15) is 9.90 Å². The van der Waals surface area contributed by atoms with Crippen LogP contribution in [0.25, 0.3) is 0 Å². The Balaban J connectivity index is -0.000000453. The number of carboxylic acid groups (broad SMARTS) is 2. The lowest BCUT2D eigenvalue weighted by Gasteiger charge is -2.22. The Bertz CT molecular complexity index is 618. The SMILES string of the molecule is C=CC(C)(CC/C=C(/C)CC)CC(=O)O.CC(=O)O.CCC=CC(C)(O)CCC=C(C)C. The van der Waals surface area contributed by atoms with E-state index in [1.807, 2.05) is 26.0 Å². The molecular weight excluding hydrogens is 404 g/mol. The minimum atomic E-state index is -0.833. The number of hydrogen-bond donors (Lipinski definition) is 3. The van der Waals surface area contributed by atoms with Gasteiger partial charge in [-0.25, -0.2) is 0 Å². The minimum Gasteiger partial charge on any atom is -0.481 e. The summed E-state index contributed by atoms with van der Waals surface area (Å²) in [6.07, 6.45) is 15.7. The highest BCUT2D eigenvalue weighted by molar-refractivity contribution is 5.68. The van der Waals surface area contributed by atoms with Crippen molar-refractivity contribution in [3.8, 4) is 0 Å². The molecule has 0 aromatic heterocycles. The van der Waals surface area contributed by atoms with Gasteiger partial charge in [0.25, 0.3) is 5.97 Å². The van der Waals surface area contributed by atoms with E-state index in [1.165, 1.54) is 11.1 Å². The van der Waals surface area contributed by atoms with Crippen LogP contribution in [0.3, 0.4) is 0 Å². The number of allylic oxidation sites excluding steroid dienone is 6. The summed E-state index contributed by atoms with van der Waals surface area (Å²) in [4.78, 5) is 19.7. The summed E-state index contributed by atoms with van der Waals surface area (Å²) >= 11 is 0. The fourth-order valence-corrected chi connectivity index (χ4v) is 2.51. The molecule has 2 atom stereocenters. The van der Waals surface area contributed by atoms with E-state index in [4.69, 9.17) is 15.0 Å². The first kappa shape index (κ1) is 34.5. The Morgan fingerprint density at radius 3 is 1.81 bits per heavy atom. The van der Waals surface area contributed by atoms with Crippen molar-refractivity contribution >= 4 is 11.9 Å². The molecule has 2 unspecified atom stereocenters. The first-order valence-corrected chi connectivity index (χ1v) is 11.4. The van der Waals surface area contributed by atoms with E-state index >= 15 is 0 Å². The predicted molar refractivity (Wildman–Crippen MR) is 136 cm³/mol. The Labute approximate surface area is 196 Å². The topological polar surface area (TPSA) is 94.8 Å². The molecule has 5 heteroatoms. The summed E-state index contributed by atoms with van der Waals surface area (Å²) in [5, 5.41) is 26.0. The zero-order chi connectivity index (χ0) is 25.8. The molecule has 3 N–H and O–H groups in total. The van der Waals surface area contributed by atoms with Gasteiger partial charge in [-0.15, -0.1) is 6.58 Å². The van der Waals surface area contributed by atoms with Crippen LogP contribution in [0.1, 0.15) is 100 Å². The molecule has 0 amide bonds. The van der Waals surface area contributed by atoms with Crippen molar-refractivity contribution in [3.05, 3.63) is 48.1 Å². The maximum atomic E-state index is 10.7. The van der Waals surface area contributed by atoms with E-state index in [2.05, 4.69) is 53.3 Å². The van der Waals surface area contributed by atoms with Gasteiger partial charge in [-0.3, -0.25) is 9.59 Å². The van der Waals surface area contributed by atoms with E-state index in [1.54, 1.807) is 6.08 Å². The maximum absolute atomic E-state index is 10.7. The zero-order valence-corrected chi connectivity index (χ0v) is 21.7. The smallest absolute Gasteiger partial charge is 0.304 e. The van der Waals surface area contributed by atoms with Crippen LogP contribution in [0.5, 0.6) is 0 Å². The number of aliphatic carboxylic acids is 2. The number of carbonyl (C=O) groups is 2. The van der Waals surface area contributed by atoms with Crippen molar-refractivity contribution in [1.29, 1.82) is 0 Å². The molecule has 0 aliphatic rings. The number of hydrogen-bond acceptors (Lipinski definition) is 3. The monoisotopic (exact) mass is 452 g/mol. The molecule has 0 aromatic rings. The van der Waals surface area contributed by atoms with Gasteiger partial charge in [0.05, 0.1) is 12.0 Å². The van der Waals surface area contributed by atoms with E-state index in [0.717, 1.165) is 45.4 Å². The molecule has 0 bridgehead atoms. The second kappa shape index (κ2) is 19.5. The Hall–Kier alpha value is -2.14. The molecule has 0 saturated carbocycles. The van der Waals surface area contributed by atoms with Gasteiger partial charge in [-0.05, 0) is 71.6 Å². The van der Waals surface area contributed by atoms with Crippen LogP contribution in [0.15, 0.2) is 48.1 Å². The van der Waals surface area contributed by atoms with Crippen molar-refractivity contribution in [2.24, 2.45) is 5.41 Å². The standard InChI is InChI=1S/C13H22O2.C12H22O.C2H4O2/c1-5-11(3)8-7-9-13(4,6-2)10-12(14)15;1-5-6-9-12(4,13)10-7-8-11(2)3;1-2(3)4/h6,8H,2,5,7,9-10H2,1,3-4H3,(H,14,15);6,8-9,13H,5,7,10H2,1-4H3;1H3,(H,3,4)/b11-8-;;. The van der Waals surface area contributed by atoms with Crippen LogP contribution < -0.4 is 0 Å². The van der Waals surface area contributed by atoms with E-state index in [-0.39, 0.29) is 11.8 Å². The van der Waals surface area contributed by atoms with Gasteiger partial charge in [-0.1, -0.05) is 62.3 Å². The first-order chi connectivity index (χ1) is 14.6. The van der Waals surface area contributed by atoms with Crippen LogP contribution in [0.2, 0.25) is 0 Å². The lowest BCUT2D eigenvalue weighted by atomic mass is 9.82. The van der Waals surface area contributed by atoms with Crippen LogP contribution in [-0.2, 0) is 9.59 Å². The Morgan fingerprint density at radius 1 is 0.938 bits per heavy atom. The molecule has 0 heterocycles. The van der Waals surface area contributed by atoms with Crippen LogP contribution in [0, 0.1) is 5.41 Å². The fraction of sp³-hybridized carbons (Fsp3) is 0.630. The lowest BCUT2D eigenvalue weighted by Crippen LogP contribution is -2.19. The van der Waals surface area contributed by atoms with Gasteiger partial charge < -0.3 is 15.3 Å². The number of rotatable bonds is 12. The Morgan fingerprint density at radius 2 is 1.44 bits per heavy atom. The molecule has 186 valence electrons. The average Bonchev–Trinajstić information content (AvgIpc) is 2.65. The average molecular weight is 453 g/mol. The van der Waals surface area contributed by atoms with Gasteiger partial charge in [-0.2, -0.15) is 0 Å². The number of carboxylic acids is 2. The molecule has 5 nitrogen and oxygen atoms in total. The van der Waals surface area contributed by atoms with Crippen LogP contribution in [-0.4, -0.2) is 32.9 Å². The minimum absolute atomic E-state index is 0.162. The Kier molecular flexibility index (Phi) is 21.0. The van der Waals surface area contributed by atoms with Crippen molar-refractivity contribution in [3.63, 3.8) is 0 Å². The van der Waals surface area contributed by atoms with Gasteiger partial charge in [0, 0.05) is 6.92 Å². The first-order valence-electron chi connectivity index (χ1n) is 11.4. The molecule has 0 aliphatic heterocycles. The molecule has 0 saturated heterocycles. The maximum Gasteiger partial charge on any atom is 0.304 e. The normalized spacial score (nSPS) is 14.6. The lowest BCUT2D eigenvalue weighted by molar-refractivity contribution is -0.139. The second-order valence-electron chi connectivity index (χ2n) is 8.88. The highest BCUT2D eigenvalue weighted by atomic mass is 16.4. The third kappa shape index (κ3) is 27.9. The van der Waals surface area contributed by atoms with Gasteiger partial charge >= 0.3 is 5.97 Å². The molecule has 32 heavy (non-hydrogen) atoms. The largest absolute Gasteiger partial charge is 0.481 e. The van der Waals surface area contributed by atoms with Crippen molar-refractivity contribution < 1.29 is 24.9 Å². The third-order valence-corrected chi connectivity index (χ3v) is 4.73.